The summed E-state index contributed by atoms with van der Waals surface area (Å²) in [5.74, 6) is 0.916. The fraction of sp³-hybridized carbons (Fsp3) is 0.667. The van der Waals surface area contributed by atoms with E-state index in [1.165, 1.54) is 24.8 Å². The van der Waals surface area contributed by atoms with Crippen LogP contribution in [0.25, 0.3) is 0 Å². The number of ether oxygens (including phenoxy) is 1. The molecule has 0 amide bonds. The van der Waals surface area contributed by atoms with Gasteiger partial charge in [0.05, 0.1) is 6.04 Å². The fourth-order valence-electron chi connectivity index (χ4n) is 3.54. The highest BCUT2D eigenvalue weighted by Gasteiger charge is 2.36. The summed E-state index contributed by atoms with van der Waals surface area (Å²) in [5, 5.41) is 6.94. The number of rotatable bonds is 10. The van der Waals surface area contributed by atoms with E-state index in [1.54, 1.807) is 7.11 Å². The van der Waals surface area contributed by atoms with Crippen LogP contribution in [0.1, 0.15) is 44.2 Å². The molecule has 1 atom stereocenters. The molecular formula is C21H36N4O. The maximum atomic E-state index is 5.30. The molecule has 1 aliphatic carbocycles. The fourth-order valence-corrected chi connectivity index (χ4v) is 3.54. The second kappa shape index (κ2) is 10.5. The van der Waals surface area contributed by atoms with Crippen molar-refractivity contribution in [2.45, 2.75) is 38.6 Å². The number of benzene rings is 1. The van der Waals surface area contributed by atoms with E-state index < -0.39 is 0 Å². The molecular weight excluding hydrogens is 324 g/mol. The third-order valence-corrected chi connectivity index (χ3v) is 5.44. The smallest absolute Gasteiger partial charge is 0.191 e. The average Bonchev–Trinajstić information content (AvgIpc) is 2.61. The first-order valence-corrected chi connectivity index (χ1v) is 9.83. The van der Waals surface area contributed by atoms with Crippen molar-refractivity contribution >= 4 is 5.96 Å². The van der Waals surface area contributed by atoms with Gasteiger partial charge in [-0.25, -0.2) is 0 Å². The average molecular weight is 361 g/mol. The summed E-state index contributed by atoms with van der Waals surface area (Å²) >= 11 is 0. The predicted octanol–water partition coefficient (Wildman–Crippen LogP) is 3.05. The maximum absolute atomic E-state index is 5.30. The first-order valence-electron chi connectivity index (χ1n) is 9.83. The van der Waals surface area contributed by atoms with E-state index >= 15 is 0 Å². The highest BCUT2D eigenvalue weighted by Crippen LogP contribution is 2.44. The lowest BCUT2D eigenvalue weighted by Crippen LogP contribution is -2.43. The number of hydrogen-bond donors (Lipinski definition) is 2. The maximum Gasteiger partial charge on any atom is 0.191 e. The Morgan fingerprint density at radius 2 is 1.96 bits per heavy atom. The molecule has 0 heterocycles. The van der Waals surface area contributed by atoms with E-state index in [1.807, 2.05) is 0 Å². The predicted molar refractivity (Wildman–Crippen MR) is 110 cm³/mol. The van der Waals surface area contributed by atoms with E-state index in [0.717, 1.165) is 38.6 Å². The number of hydrogen-bond acceptors (Lipinski definition) is 3. The van der Waals surface area contributed by atoms with Gasteiger partial charge in [-0.15, -0.1) is 0 Å². The first-order chi connectivity index (χ1) is 12.6. The second-order valence-corrected chi connectivity index (χ2v) is 7.56. The molecule has 26 heavy (non-hydrogen) atoms. The van der Waals surface area contributed by atoms with Gasteiger partial charge in [0, 0.05) is 33.4 Å². The summed E-state index contributed by atoms with van der Waals surface area (Å²) < 4.78 is 5.30. The molecule has 2 N–H and O–H groups in total. The van der Waals surface area contributed by atoms with Gasteiger partial charge in [-0.1, -0.05) is 36.8 Å². The van der Waals surface area contributed by atoms with Crippen LogP contribution in [0.2, 0.25) is 0 Å². The molecule has 0 aliphatic heterocycles. The van der Waals surface area contributed by atoms with Crippen LogP contribution in [0.15, 0.2) is 35.3 Å². The largest absolute Gasteiger partial charge is 0.385 e. The molecule has 5 heteroatoms. The molecule has 2 rings (SSSR count). The van der Waals surface area contributed by atoms with Crippen molar-refractivity contribution < 1.29 is 4.74 Å². The van der Waals surface area contributed by atoms with Crippen LogP contribution in [0, 0.1) is 5.41 Å². The Morgan fingerprint density at radius 3 is 2.50 bits per heavy atom. The number of likely N-dealkylation sites (N-methyl/N-ethyl adjacent to an activating group) is 1. The number of nitrogens with one attached hydrogen (secondary N) is 2. The molecule has 1 aromatic carbocycles. The van der Waals surface area contributed by atoms with Crippen LogP contribution in [-0.2, 0) is 4.74 Å². The standard InChI is InChI=1S/C21H36N4O/c1-5-22-20(24-17-21(12-9-13-21)14-15-26-4)23-16-19(25(2)3)18-10-7-6-8-11-18/h6-8,10-11,19H,5,9,12-17H2,1-4H3,(H2,22,23,24). The number of aliphatic imine (C=N–C) groups is 1. The Morgan fingerprint density at radius 1 is 1.23 bits per heavy atom. The molecule has 1 fully saturated rings. The SMILES string of the molecule is CCNC(=NCC1(CCOC)CCC1)NCC(c1ccccc1)N(C)C. The van der Waals surface area contributed by atoms with Crippen molar-refractivity contribution in [3.63, 3.8) is 0 Å². The van der Waals surface area contributed by atoms with E-state index in [2.05, 4.69) is 66.9 Å². The Kier molecular flexibility index (Phi) is 8.39. The third-order valence-electron chi connectivity index (χ3n) is 5.44. The summed E-state index contributed by atoms with van der Waals surface area (Å²) in [5.41, 5.74) is 1.66. The number of methoxy groups -OCH3 is 1. The summed E-state index contributed by atoms with van der Waals surface area (Å²) in [4.78, 5) is 7.15. The van der Waals surface area contributed by atoms with Crippen LogP contribution in [0.4, 0.5) is 0 Å². The second-order valence-electron chi connectivity index (χ2n) is 7.56. The highest BCUT2D eigenvalue weighted by atomic mass is 16.5. The zero-order valence-electron chi connectivity index (χ0n) is 16.9. The van der Waals surface area contributed by atoms with Crippen molar-refractivity contribution in [3.05, 3.63) is 35.9 Å². The molecule has 0 spiro atoms. The van der Waals surface area contributed by atoms with E-state index in [4.69, 9.17) is 9.73 Å². The molecule has 1 unspecified atom stereocenters. The lowest BCUT2D eigenvalue weighted by molar-refractivity contribution is 0.0778. The molecule has 146 valence electrons. The van der Waals surface area contributed by atoms with E-state index in [9.17, 15) is 0 Å². The Balaban J connectivity index is 1.97. The summed E-state index contributed by atoms with van der Waals surface area (Å²) in [7, 11) is 6.03. The summed E-state index contributed by atoms with van der Waals surface area (Å²) in [6, 6.07) is 10.9. The van der Waals surface area contributed by atoms with Gasteiger partial charge >= 0.3 is 0 Å². The Labute approximate surface area is 159 Å². The lowest BCUT2D eigenvalue weighted by atomic mass is 9.67. The topological polar surface area (TPSA) is 48.9 Å². The molecule has 0 saturated heterocycles. The highest BCUT2D eigenvalue weighted by molar-refractivity contribution is 5.79. The Hall–Kier alpha value is -1.59. The third kappa shape index (κ3) is 5.99. The molecule has 5 nitrogen and oxygen atoms in total. The molecule has 1 aromatic rings. The molecule has 0 radical (unpaired) electrons. The molecule has 1 saturated carbocycles. The minimum absolute atomic E-state index is 0.311. The lowest BCUT2D eigenvalue weighted by Gasteiger charge is -2.40. The van der Waals surface area contributed by atoms with Crippen LogP contribution >= 0.6 is 0 Å². The van der Waals surface area contributed by atoms with Gasteiger partial charge in [0.1, 0.15) is 0 Å². The van der Waals surface area contributed by atoms with Gasteiger partial charge in [-0.3, -0.25) is 4.99 Å². The van der Waals surface area contributed by atoms with Crippen molar-refractivity contribution in [1.29, 1.82) is 0 Å². The van der Waals surface area contributed by atoms with Gasteiger partial charge < -0.3 is 20.3 Å². The van der Waals surface area contributed by atoms with Crippen molar-refractivity contribution in [1.82, 2.24) is 15.5 Å². The van der Waals surface area contributed by atoms with Gasteiger partial charge in [-0.2, -0.15) is 0 Å². The monoisotopic (exact) mass is 360 g/mol. The van der Waals surface area contributed by atoms with Gasteiger partial charge in [0.15, 0.2) is 5.96 Å². The first kappa shape index (κ1) is 20.7. The van der Waals surface area contributed by atoms with Crippen molar-refractivity contribution in [3.8, 4) is 0 Å². The minimum atomic E-state index is 0.311. The molecule has 1 aliphatic rings. The van der Waals surface area contributed by atoms with Gasteiger partial charge in [-0.05, 0) is 51.3 Å². The van der Waals surface area contributed by atoms with Crippen LogP contribution in [0.3, 0.4) is 0 Å². The Bertz CT molecular complexity index is 540. The van der Waals surface area contributed by atoms with E-state index in [-0.39, 0.29) is 0 Å². The van der Waals surface area contributed by atoms with Crippen LogP contribution in [0.5, 0.6) is 0 Å². The quantitative estimate of drug-likeness (QED) is 0.497. The normalized spacial score (nSPS) is 17.7. The van der Waals surface area contributed by atoms with Gasteiger partial charge in [0.2, 0.25) is 0 Å². The van der Waals surface area contributed by atoms with Crippen LogP contribution in [-0.4, -0.2) is 58.3 Å². The number of nitrogens with zero attached hydrogens (tertiary/aromatic N) is 2. The van der Waals surface area contributed by atoms with Crippen molar-refractivity contribution in [2.75, 3.05) is 47.4 Å². The minimum Gasteiger partial charge on any atom is -0.385 e. The summed E-state index contributed by atoms with van der Waals surface area (Å²) in [6.07, 6.45) is 4.96. The zero-order chi connectivity index (χ0) is 18.8. The van der Waals surface area contributed by atoms with E-state index in [0.29, 0.717) is 11.5 Å². The summed E-state index contributed by atoms with van der Waals surface area (Å²) in [6.45, 7) is 5.52. The molecule has 0 aromatic heterocycles. The molecule has 0 bridgehead atoms. The zero-order valence-corrected chi connectivity index (χ0v) is 16.9. The van der Waals surface area contributed by atoms with Crippen molar-refractivity contribution in [2.24, 2.45) is 10.4 Å². The van der Waals surface area contributed by atoms with Crippen LogP contribution < -0.4 is 10.6 Å². The number of guanidine groups is 1. The van der Waals surface area contributed by atoms with Gasteiger partial charge in [0.25, 0.3) is 0 Å².